The largest absolute Gasteiger partial charge is 0.396 e. The van der Waals surface area contributed by atoms with E-state index >= 15 is 0 Å². The van der Waals surface area contributed by atoms with Gasteiger partial charge in [0.05, 0.1) is 25.4 Å². The molecule has 1 aliphatic rings. The van der Waals surface area contributed by atoms with Crippen LogP contribution in [0.1, 0.15) is 46.6 Å². The molecule has 4 aromatic carbocycles. The van der Waals surface area contributed by atoms with Crippen LogP contribution in [-0.4, -0.2) is 40.5 Å². The maximum absolute atomic E-state index is 12.3. The fourth-order valence-corrected chi connectivity index (χ4v) is 5.79. The minimum absolute atomic E-state index is 0.00776. The maximum atomic E-state index is 12.3. The minimum Gasteiger partial charge on any atom is -0.396 e. The Morgan fingerprint density at radius 3 is 2.16 bits per heavy atom. The van der Waals surface area contributed by atoms with Gasteiger partial charge in [-0.3, -0.25) is 0 Å². The summed E-state index contributed by atoms with van der Waals surface area (Å²) in [5, 5.41) is 24.5. The molecule has 1 heterocycles. The number of aliphatic hydroxyl groups is 2. The zero-order chi connectivity index (χ0) is 29.9. The van der Waals surface area contributed by atoms with E-state index in [2.05, 4.69) is 34.9 Å². The number of ether oxygens (including phenoxy) is 2. The molecule has 4 N–H and O–H groups in total. The van der Waals surface area contributed by atoms with E-state index in [4.69, 9.17) is 9.47 Å². The van der Waals surface area contributed by atoms with E-state index in [1.165, 1.54) is 0 Å². The van der Waals surface area contributed by atoms with Gasteiger partial charge in [0.2, 0.25) is 0 Å². The van der Waals surface area contributed by atoms with Crippen LogP contribution in [0.15, 0.2) is 103 Å². The van der Waals surface area contributed by atoms with Gasteiger partial charge < -0.3 is 30.3 Å². The first-order valence-corrected chi connectivity index (χ1v) is 15.7. The average Bonchev–Trinajstić information content (AvgIpc) is 3.07. The molecule has 43 heavy (non-hydrogen) atoms. The van der Waals surface area contributed by atoms with Gasteiger partial charge in [0.15, 0.2) is 6.29 Å². The normalized spacial score (nSPS) is 18.2. The van der Waals surface area contributed by atoms with Crippen LogP contribution in [0.25, 0.3) is 11.1 Å². The maximum Gasteiger partial charge on any atom is 0.315 e. The Morgan fingerprint density at radius 1 is 0.744 bits per heavy atom. The number of amides is 2. The second kappa shape index (κ2) is 15.7. The number of rotatable bonds is 12. The average molecular weight is 599 g/mol. The molecule has 0 aromatic heterocycles. The van der Waals surface area contributed by atoms with Crippen LogP contribution in [-0.2, 0) is 29.2 Å². The monoisotopic (exact) mass is 598 g/mol. The highest BCUT2D eigenvalue weighted by atomic mass is 32.2. The van der Waals surface area contributed by atoms with Crippen molar-refractivity contribution in [1.82, 2.24) is 10.6 Å². The summed E-state index contributed by atoms with van der Waals surface area (Å²) in [6.07, 6.45) is 0.0397. The zero-order valence-corrected chi connectivity index (χ0v) is 24.8. The second-order valence-corrected chi connectivity index (χ2v) is 11.6. The van der Waals surface area contributed by atoms with Crippen molar-refractivity contribution in [3.8, 4) is 11.1 Å². The minimum atomic E-state index is -0.519. The number of benzene rings is 4. The van der Waals surface area contributed by atoms with E-state index in [0.29, 0.717) is 18.8 Å². The molecular weight excluding hydrogens is 560 g/mol. The third-order valence-corrected chi connectivity index (χ3v) is 8.43. The molecule has 0 spiro atoms. The van der Waals surface area contributed by atoms with E-state index in [-0.39, 0.29) is 31.5 Å². The molecule has 3 atom stereocenters. The molecule has 5 rings (SSSR count). The lowest BCUT2D eigenvalue weighted by Gasteiger charge is -2.36. The number of nitrogens with one attached hydrogen (secondary N) is 2. The number of thioether (sulfide) groups is 1. The lowest BCUT2D eigenvalue weighted by molar-refractivity contribution is -0.245. The number of aliphatic hydroxyl groups excluding tert-OH is 2. The Balaban J connectivity index is 1.22. The first kappa shape index (κ1) is 30.8. The molecule has 8 heteroatoms. The number of carbonyl (C=O) groups excluding carboxylic acids is 1. The van der Waals surface area contributed by atoms with Gasteiger partial charge in [-0.15, -0.1) is 0 Å². The predicted octanol–water partition coefficient (Wildman–Crippen LogP) is 6.12. The Labute approximate surface area is 257 Å². The second-order valence-electron chi connectivity index (χ2n) is 10.5. The summed E-state index contributed by atoms with van der Waals surface area (Å²) in [4.78, 5) is 12.3. The molecule has 1 saturated heterocycles. The van der Waals surface area contributed by atoms with Crippen LogP contribution in [0.5, 0.6) is 0 Å². The summed E-state index contributed by atoms with van der Waals surface area (Å²) in [7, 11) is 0. The molecule has 0 aliphatic carbocycles. The Kier molecular flexibility index (Phi) is 11.2. The van der Waals surface area contributed by atoms with Crippen molar-refractivity contribution in [1.29, 1.82) is 0 Å². The summed E-state index contributed by atoms with van der Waals surface area (Å²) in [6, 6.07) is 33.8. The van der Waals surface area contributed by atoms with Crippen LogP contribution in [0, 0.1) is 0 Å². The summed E-state index contributed by atoms with van der Waals surface area (Å²) < 4.78 is 12.8. The summed E-state index contributed by atoms with van der Waals surface area (Å²) >= 11 is 1.67. The van der Waals surface area contributed by atoms with E-state index in [1.807, 2.05) is 78.9 Å². The van der Waals surface area contributed by atoms with Crippen molar-refractivity contribution >= 4 is 17.8 Å². The van der Waals surface area contributed by atoms with Crippen LogP contribution < -0.4 is 10.6 Å². The summed E-state index contributed by atoms with van der Waals surface area (Å²) in [6.45, 7) is 1.05. The number of hydrogen-bond acceptors (Lipinski definition) is 6. The van der Waals surface area contributed by atoms with Gasteiger partial charge >= 0.3 is 6.03 Å². The SMILES string of the molecule is O=C(NCc1ccccc1)NCc1cccc(-c2ccc(C3OC(CSCCO)CC(c4ccc(CO)cc4)O3)cc2)c1. The fraction of sp³-hybridized carbons (Fsp3) is 0.286. The van der Waals surface area contributed by atoms with Gasteiger partial charge in [0.25, 0.3) is 0 Å². The molecular formula is C35H38N2O5S. The van der Waals surface area contributed by atoms with Gasteiger partial charge in [-0.2, -0.15) is 11.8 Å². The molecule has 0 bridgehead atoms. The van der Waals surface area contributed by atoms with Crippen molar-refractivity contribution in [3.05, 3.63) is 131 Å². The molecule has 0 radical (unpaired) electrons. The molecule has 0 saturated carbocycles. The van der Waals surface area contributed by atoms with Crippen LogP contribution in [0.3, 0.4) is 0 Å². The fourth-order valence-electron chi connectivity index (χ4n) is 5.02. The summed E-state index contributed by atoms with van der Waals surface area (Å²) in [5.74, 6) is 1.44. The Bertz CT molecular complexity index is 1430. The van der Waals surface area contributed by atoms with Gasteiger partial charge in [-0.25, -0.2) is 4.79 Å². The van der Waals surface area contributed by atoms with Crippen LogP contribution >= 0.6 is 11.8 Å². The molecule has 2 amide bonds. The Hall–Kier alpha value is -3.66. The number of carbonyl (C=O) groups is 1. The molecule has 7 nitrogen and oxygen atoms in total. The van der Waals surface area contributed by atoms with E-state index in [1.54, 1.807) is 11.8 Å². The third kappa shape index (κ3) is 8.92. The topological polar surface area (TPSA) is 100 Å². The number of hydrogen-bond donors (Lipinski definition) is 4. The highest BCUT2D eigenvalue weighted by molar-refractivity contribution is 7.99. The smallest absolute Gasteiger partial charge is 0.315 e. The van der Waals surface area contributed by atoms with Gasteiger partial charge in [-0.1, -0.05) is 97.1 Å². The standard InChI is InChI=1S/C35H38N2O5S/c38-17-18-43-24-32-20-33(29-11-9-26(23-39)10-12-29)42-34(41-32)30-15-13-28(14-16-30)31-8-4-7-27(19-31)22-37-35(40)36-21-25-5-2-1-3-6-25/h1-16,19,32-34,38-39H,17-18,20-24H2,(H2,36,37,40). The van der Waals surface area contributed by atoms with Crippen molar-refractivity contribution in [2.75, 3.05) is 18.1 Å². The van der Waals surface area contributed by atoms with Crippen molar-refractivity contribution in [2.24, 2.45) is 0 Å². The molecule has 224 valence electrons. The van der Waals surface area contributed by atoms with Gasteiger partial charge in [-0.05, 0) is 39.4 Å². The predicted molar refractivity (Wildman–Crippen MR) is 170 cm³/mol. The van der Waals surface area contributed by atoms with Crippen molar-refractivity contribution < 1.29 is 24.5 Å². The molecule has 1 fully saturated rings. The molecule has 4 aromatic rings. The highest BCUT2D eigenvalue weighted by Gasteiger charge is 2.32. The lowest BCUT2D eigenvalue weighted by atomic mass is 9.99. The van der Waals surface area contributed by atoms with E-state index < -0.39 is 6.29 Å². The van der Waals surface area contributed by atoms with Crippen molar-refractivity contribution in [3.63, 3.8) is 0 Å². The Morgan fingerprint density at radius 2 is 1.44 bits per heavy atom. The zero-order valence-electron chi connectivity index (χ0n) is 24.0. The summed E-state index contributed by atoms with van der Waals surface area (Å²) in [5.41, 5.74) is 7.03. The van der Waals surface area contributed by atoms with Gasteiger partial charge in [0, 0.05) is 36.6 Å². The quantitative estimate of drug-likeness (QED) is 0.147. The lowest BCUT2D eigenvalue weighted by Crippen LogP contribution is -2.34. The molecule has 3 unspecified atom stereocenters. The third-order valence-electron chi connectivity index (χ3n) is 7.35. The molecule has 1 aliphatic heterocycles. The first-order chi connectivity index (χ1) is 21.1. The van der Waals surface area contributed by atoms with Crippen LogP contribution in [0.2, 0.25) is 0 Å². The van der Waals surface area contributed by atoms with Crippen LogP contribution in [0.4, 0.5) is 4.79 Å². The number of urea groups is 1. The van der Waals surface area contributed by atoms with E-state index in [0.717, 1.165) is 51.1 Å². The van der Waals surface area contributed by atoms with Gasteiger partial charge in [0.1, 0.15) is 0 Å². The first-order valence-electron chi connectivity index (χ1n) is 14.6. The highest BCUT2D eigenvalue weighted by Crippen LogP contribution is 2.39. The van der Waals surface area contributed by atoms with Crippen molar-refractivity contribution in [2.45, 2.75) is 44.6 Å². The van der Waals surface area contributed by atoms with E-state index in [9.17, 15) is 15.0 Å².